The Kier molecular flexibility index (Phi) is 6.62. The average Bonchev–Trinajstić information content (AvgIpc) is 3.41. The Balaban J connectivity index is 1.21. The Morgan fingerprint density at radius 2 is 2.00 bits per heavy atom. The molecule has 1 aromatic heterocycles. The van der Waals surface area contributed by atoms with E-state index in [4.69, 9.17) is 4.74 Å². The molecule has 0 aliphatic carbocycles. The minimum absolute atomic E-state index is 0.0955. The van der Waals surface area contributed by atoms with Crippen LogP contribution in [-0.2, 0) is 24.3 Å². The lowest BCUT2D eigenvalue weighted by Crippen LogP contribution is -2.35. The van der Waals surface area contributed by atoms with Gasteiger partial charge in [0.05, 0.1) is 0 Å². The number of rotatable bonds is 8. The molecule has 0 unspecified atom stereocenters. The SMILES string of the molecule is O=C(COc1ccccc1CNCCN1CCc2sccc2C1)N1CCCC1. The molecular formula is C22H29N3O2S. The number of para-hydroxylation sites is 1. The van der Waals surface area contributed by atoms with Crippen LogP contribution < -0.4 is 10.1 Å². The zero-order valence-corrected chi connectivity index (χ0v) is 17.2. The van der Waals surface area contributed by atoms with Crippen molar-refractivity contribution >= 4 is 17.2 Å². The van der Waals surface area contributed by atoms with Crippen LogP contribution in [0.15, 0.2) is 35.7 Å². The lowest BCUT2D eigenvalue weighted by molar-refractivity contribution is -0.132. The van der Waals surface area contributed by atoms with Crippen LogP contribution >= 0.6 is 11.3 Å². The molecule has 1 amide bonds. The maximum absolute atomic E-state index is 12.2. The predicted molar refractivity (Wildman–Crippen MR) is 113 cm³/mol. The number of thiophene rings is 1. The molecule has 28 heavy (non-hydrogen) atoms. The van der Waals surface area contributed by atoms with E-state index in [0.29, 0.717) is 0 Å². The highest BCUT2D eigenvalue weighted by Gasteiger charge is 2.19. The Hall–Kier alpha value is -1.89. The lowest BCUT2D eigenvalue weighted by Gasteiger charge is -2.26. The molecule has 1 aromatic carbocycles. The molecule has 1 N–H and O–H groups in total. The summed E-state index contributed by atoms with van der Waals surface area (Å²) >= 11 is 1.89. The third kappa shape index (κ3) is 4.93. The summed E-state index contributed by atoms with van der Waals surface area (Å²) in [6.45, 7) is 6.83. The highest BCUT2D eigenvalue weighted by Crippen LogP contribution is 2.23. The minimum Gasteiger partial charge on any atom is -0.483 e. The third-order valence-corrected chi connectivity index (χ3v) is 6.61. The number of fused-ring (bicyclic) bond motifs is 1. The van der Waals surface area contributed by atoms with Gasteiger partial charge < -0.3 is 15.0 Å². The van der Waals surface area contributed by atoms with Gasteiger partial charge in [-0.05, 0) is 42.3 Å². The van der Waals surface area contributed by atoms with Gasteiger partial charge in [0.15, 0.2) is 6.61 Å². The van der Waals surface area contributed by atoms with Crippen molar-refractivity contribution in [2.24, 2.45) is 0 Å². The number of hydrogen-bond acceptors (Lipinski definition) is 5. The molecule has 2 aliphatic heterocycles. The summed E-state index contributed by atoms with van der Waals surface area (Å²) in [6.07, 6.45) is 3.39. The summed E-state index contributed by atoms with van der Waals surface area (Å²) < 4.78 is 5.85. The van der Waals surface area contributed by atoms with E-state index in [9.17, 15) is 4.79 Å². The fourth-order valence-corrected chi connectivity index (χ4v) is 4.84. The van der Waals surface area contributed by atoms with E-state index in [-0.39, 0.29) is 12.5 Å². The quantitative estimate of drug-likeness (QED) is 0.694. The Bertz CT molecular complexity index is 786. The van der Waals surface area contributed by atoms with Crippen LogP contribution in [0.1, 0.15) is 28.8 Å². The van der Waals surface area contributed by atoms with Gasteiger partial charge in [-0.3, -0.25) is 9.69 Å². The third-order valence-electron chi connectivity index (χ3n) is 5.59. The molecule has 2 aromatic rings. The first-order chi connectivity index (χ1) is 13.8. The number of ether oxygens (including phenoxy) is 1. The van der Waals surface area contributed by atoms with Crippen molar-refractivity contribution in [1.29, 1.82) is 0 Å². The van der Waals surface area contributed by atoms with E-state index >= 15 is 0 Å². The van der Waals surface area contributed by atoms with E-state index in [1.165, 1.54) is 12.0 Å². The number of nitrogens with zero attached hydrogens (tertiary/aromatic N) is 2. The maximum Gasteiger partial charge on any atom is 0.260 e. The second kappa shape index (κ2) is 9.54. The molecule has 0 bridgehead atoms. The smallest absolute Gasteiger partial charge is 0.260 e. The molecule has 0 radical (unpaired) electrons. The summed E-state index contributed by atoms with van der Waals surface area (Å²) in [5, 5.41) is 5.74. The van der Waals surface area contributed by atoms with Gasteiger partial charge >= 0.3 is 0 Å². The van der Waals surface area contributed by atoms with Crippen molar-refractivity contribution in [1.82, 2.24) is 15.1 Å². The first kappa shape index (κ1) is 19.4. The number of carbonyl (C=O) groups excluding carboxylic acids is 1. The van der Waals surface area contributed by atoms with Crippen molar-refractivity contribution in [3.8, 4) is 5.75 Å². The fourth-order valence-electron chi connectivity index (χ4n) is 3.95. The molecule has 150 valence electrons. The largest absolute Gasteiger partial charge is 0.483 e. The van der Waals surface area contributed by atoms with E-state index in [2.05, 4.69) is 27.7 Å². The van der Waals surface area contributed by atoms with Crippen LogP contribution in [0.4, 0.5) is 0 Å². The first-order valence-electron chi connectivity index (χ1n) is 10.3. The number of carbonyl (C=O) groups is 1. The second-order valence-electron chi connectivity index (χ2n) is 7.56. The van der Waals surface area contributed by atoms with Gasteiger partial charge in [0, 0.05) is 56.3 Å². The van der Waals surface area contributed by atoms with Gasteiger partial charge in [0.2, 0.25) is 0 Å². The summed E-state index contributed by atoms with van der Waals surface area (Å²) in [5.74, 6) is 0.904. The van der Waals surface area contributed by atoms with Gasteiger partial charge in [0.1, 0.15) is 5.75 Å². The number of hydrogen-bond donors (Lipinski definition) is 1. The standard InChI is InChI=1S/C22H29N3O2S/c26-22(25-10-3-4-11-25)17-27-20-6-2-1-5-18(20)15-23-9-13-24-12-7-21-19(16-24)8-14-28-21/h1-2,5-6,8,14,23H,3-4,7,9-13,15-17H2. The topological polar surface area (TPSA) is 44.8 Å². The van der Waals surface area contributed by atoms with Crippen molar-refractivity contribution < 1.29 is 9.53 Å². The average molecular weight is 400 g/mol. The molecule has 0 atom stereocenters. The molecule has 2 aliphatic rings. The monoisotopic (exact) mass is 399 g/mol. The van der Waals surface area contributed by atoms with Crippen LogP contribution in [0, 0.1) is 0 Å². The molecule has 0 saturated carbocycles. The van der Waals surface area contributed by atoms with Crippen LogP contribution in [0.2, 0.25) is 0 Å². The predicted octanol–water partition coefficient (Wildman–Crippen LogP) is 2.90. The Labute approximate surface area is 171 Å². The Morgan fingerprint density at radius 3 is 2.89 bits per heavy atom. The zero-order chi connectivity index (χ0) is 19.2. The highest BCUT2D eigenvalue weighted by atomic mass is 32.1. The molecule has 0 spiro atoms. The first-order valence-corrected chi connectivity index (χ1v) is 11.1. The van der Waals surface area contributed by atoms with Crippen molar-refractivity contribution in [2.45, 2.75) is 32.4 Å². The number of benzene rings is 1. The summed E-state index contributed by atoms with van der Waals surface area (Å²) in [6, 6.07) is 10.3. The molecule has 6 heteroatoms. The highest BCUT2D eigenvalue weighted by molar-refractivity contribution is 7.10. The molecule has 3 heterocycles. The number of nitrogens with one attached hydrogen (secondary N) is 1. The molecule has 1 fully saturated rings. The molecule has 4 rings (SSSR count). The maximum atomic E-state index is 12.2. The van der Waals surface area contributed by atoms with Crippen LogP contribution in [0.3, 0.4) is 0 Å². The van der Waals surface area contributed by atoms with Gasteiger partial charge in [-0.15, -0.1) is 11.3 Å². The minimum atomic E-state index is 0.0955. The van der Waals surface area contributed by atoms with Crippen molar-refractivity contribution in [3.63, 3.8) is 0 Å². The van der Waals surface area contributed by atoms with Crippen molar-refractivity contribution in [3.05, 3.63) is 51.7 Å². The number of amides is 1. The van der Waals surface area contributed by atoms with Gasteiger partial charge in [-0.25, -0.2) is 0 Å². The summed E-state index contributed by atoms with van der Waals surface area (Å²) in [5.41, 5.74) is 2.60. The summed E-state index contributed by atoms with van der Waals surface area (Å²) in [7, 11) is 0. The van der Waals surface area contributed by atoms with E-state index in [0.717, 1.165) is 70.0 Å². The van der Waals surface area contributed by atoms with Crippen LogP contribution in [0.5, 0.6) is 5.75 Å². The number of likely N-dealkylation sites (tertiary alicyclic amines) is 1. The zero-order valence-electron chi connectivity index (χ0n) is 16.4. The van der Waals surface area contributed by atoms with Crippen LogP contribution in [-0.4, -0.2) is 55.0 Å². The normalized spacial score (nSPS) is 16.9. The lowest BCUT2D eigenvalue weighted by atomic mass is 10.1. The van der Waals surface area contributed by atoms with E-state index in [1.807, 2.05) is 34.4 Å². The van der Waals surface area contributed by atoms with Gasteiger partial charge in [-0.1, -0.05) is 18.2 Å². The van der Waals surface area contributed by atoms with Gasteiger partial charge in [-0.2, -0.15) is 0 Å². The summed E-state index contributed by atoms with van der Waals surface area (Å²) in [4.78, 5) is 18.2. The van der Waals surface area contributed by atoms with Crippen molar-refractivity contribution in [2.75, 3.05) is 39.3 Å². The molecular weight excluding hydrogens is 370 g/mol. The fraction of sp³-hybridized carbons (Fsp3) is 0.500. The van der Waals surface area contributed by atoms with E-state index < -0.39 is 0 Å². The Morgan fingerprint density at radius 1 is 1.14 bits per heavy atom. The molecule has 5 nitrogen and oxygen atoms in total. The van der Waals surface area contributed by atoms with Gasteiger partial charge in [0.25, 0.3) is 5.91 Å². The molecule has 1 saturated heterocycles. The second-order valence-corrected chi connectivity index (χ2v) is 8.56. The van der Waals surface area contributed by atoms with E-state index in [1.54, 1.807) is 4.88 Å². The van der Waals surface area contributed by atoms with Crippen LogP contribution in [0.25, 0.3) is 0 Å².